The minimum Gasteiger partial charge on any atom is -0.413 e. The van der Waals surface area contributed by atoms with Crippen molar-refractivity contribution in [2.45, 2.75) is 128 Å². The molecule has 1 heterocycles. The first kappa shape index (κ1) is 26.6. The zero-order valence-electron chi connectivity index (χ0n) is 22.5. The Morgan fingerprint density at radius 3 is 2.03 bits per heavy atom. The summed E-state index contributed by atoms with van der Waals surface area (Å²) in [5.41, 5.74) is -0.765. The lowest BCUT2D eigenvalue weighted by atomic mass is 9.80. The van der Waals surface area contributed by atoms with E-state index in [9.17, 15) is 9.59 Å². The highest BCUT2D eigenvalue weighted by Crippen LogP contribution is 2.59. The summed E-state index contributed by atoms with van der Waals surface area (Å²) >= 11 is 0. The lowest BCUT2D eigenvalue weighted by Crippen LogP contribution is -2.53. The van der Waals surface area contributed by atoms with Crippen LogP contribution in [0.15, 0.2) is 21.9 Å². The molecule has 3 rings (SSSR count). The van der Waals surface area contributed by atoms with E-state index in [1.807, 2.05) is 0 Å². The first-order valence-electron chi connectivity index (χ1n) is 12.6. The largest absolute Gasteiger partial charge is 0.413 e. The Morgan fingerprint density at radius 2 is 1.52 bits per heavy atom. The van der Waals surface area contributed by atoms with Crippen LogP contribution < -0.4 is 11.2 Å². The Morgan fingerprint density at radius 1 is 0.970 bits per heavy atom. The summed E-state index contributed by atoms with van der Waals surface area (Å²) in [6, 6.07) is 1.46. The van der Waals surface area contributed by atoms with Crippen LogP contribution in [0.25, 0.3) is 0 Å². The summed E-state index contributed by atoms with van der Waals surface area (Å²) in [4.78, 5) is 26.8. The highest BCUT2D eigenvalue weighted by atomic mass is 28.4. The van der Waals surface area contributed by atoms with Gasteiger partial charge < -0.3 is 8.85 Å². The molecular formula is C25H46N2O4Si2. The third kappa shape index (κ3) is 5.04. The smallest absolute Gasteiger partial charge is 0.328 e. The molecule has 0 bridgehead atoms. The minimum atomic E-state index is -2.03. The standard InChI is InChI=1S/C25H46N2O4Si2/c1-23(2,3)32(7,8)30-19-12-11-14-25(19)17-18(27-15-13-21(28)26-22(27)29)16-20(25)31-33(9,10)24(4,5)6/h13,15,18-20H,11-12,14,16-17H2,1-10H3,(H,26,28,29)/t18-,19-,20-,25-/m0/s1. The van der Waals surface area contributed by atoms with Gasteiger partial charge in [-0.1, -0.05) is 48.0 Å². The molecule has 4 atom stereocenters. The maximum atomic E-state index is 12.7. The number of nitrogens with zero attached hydrogens (tertiary/aromatic N) is 1. The van der Waals surface area contributed by atoms with Crippen molar-refractivity contribution < 1.29 is 8.85 Å². The topological polar surface area (TPSA) is 73.3 Å². The molecule has 0 saturated heterocycles. The molecule has 0 amide bonds. The van der Waals surface area contributed by atoms with Crippen molar-refractivity contribution in [2.75, 3.05) is 0 Å². The van der Waals surface area contributed by atoms with Gasteiger partial charge in [0.1, 0.15) is 0 Å². The van der Waals surface area contributed by atoms with Crippen LogP contribution in [0.4, 0.5) is 0 Å². The summed E-state index contributed by atoms with van der Waals surface area (Å²) in [5.74, 6) is 0. The molecule has 0 unspecified atom stereocenters. The second kappa shape index (κ2) is 8.61. The molecule has 1 aromatic rings. The van der Waals surface area contributed by atoms with E-state index in [1.54, 1.807) is 10.8 Å². The third-order valence-electron chi connectivity index (χ3n) is 9.22. The second-order valence-corrected chi connectivity index (χ2v) is 23.0. The molecule has 8 heteroatoms. The number of hydrogen-bond acceptors (Lipinski definition) is 4. The van der Waals surface area contributed by atoms with Gasteiger partial charge >= 0.3 is 5.69 Å². The number of aromatic amines is 1. The molecule has 0 aromatic carbocycles. The molecule has 188 valence electrons. The summed E-state index contributed by atoms with van der Waals surface area (Å²) in [5, 5.41) is 0.246. The van der Waals surface area contributed by atoms with E-state index in [0.717, 1.165) is 32.1 Å². The first-order valence-corrected chi connectivity index (χ1v) is 18.4. The van der Waals surface area contributed by atoms with E-state index in [-0.39, 0.29) is 45.0 Å². The normalized spacial score (nSPS) is 29.2. The Hall–Kier alpha value is -0.966. The van der Waals surface area contributed by atoms with E-state index in [2.05, 4.69) is 72.7 Å². The molecule has 6 nitrogen and oxygen atoms in total. The summed E-state index contributed by atoms with van der Waals surface area (Å²) < 4.78 is 15.9. The molecule has 1 N–H and O–H groups in total. The molecule has 1 spiro atoms. The Balaban J connectivity index is 2.02. The molecule has 0 aliphatic heterocycles. The van der Waals surface area contributed by atoms with E-state index in [1.165, 1.54) is 6.07 Å². The van der Waals surface area contributed by atoms with Gasteiger partial charge in [0.05, 0.1) is 12.2 Å². The van der Waals surface area contributed by atoms with E-state index >= 15 is 0 Å². The fourth-order valence-corrected chi connectivity index (χ4v) is 7.95. The highest BCUT2D eigenvalue weighted by Gasteiger charge is 2.59. The van der Waals surface area contributed by atoms with Gasteiger partial charge in [0.15, 0.2) is 16.6 Å². The SMILES string of the molecule is CC(C)(C)[Si](C)(C)O[C@H]1CCC[C@]12C[C@@H](n1ccc(=O)[nH]c1=O)C[C@@H]2O[Si](C)(C)C(C)(C)C. The summed E-state index contributed by atoms with van der Waals surface area (Å²) in [7, 11) is -4.00. The van der Waals surface area contributed by atoms with Gasteiger partial charge in [0, 0.05) is 23.7 Å². The van der Waals surface area contributed by atoms with Gasteiger partial charge in [-0.2, -0.15) is 0 Å². The van der Waals surface area contributed by atoms with Crippen molar-refractivity contribution >= 4 is 16.6 Å². The highest BCUT2D eigenvalue weighted by molar-refractivity contribution is 6.74. The van der Waals surface area contributed by atoms with Crippen molar-refractivity contribution in [3.8, 4) is 0 Å². The first-order chi connectivity index (χ1) is 14.9. The summed E-state index contributed by atoms with van der Waals surface area (Å²) in [6.07, 6.45) is 6.76. The van der Waals surface area contributed by atoms with E-state index in [0.29, 0.717) is 0 Å². The van der Waals surface area contributed by atoms with Gasteiger partial charge in [0.2, 0.25) is 0 Å². The van der Waals surface area contributed by atoms with Crippen molar-refractivity contribution in [3.63, 3.8) is 0 Å². The van der Waals surface area contributed by atoms with E-state index in [4.69, 9.17) is 8.85 Å². The van der Waals surface area contributed by atoms with Gasteiger partial charge in [-0.25, -0.2) is 4.79 Å². The molecular weight excluding hydrogens is 448 g/mol. The third-order valence-corrected chi connectivity index (χ3v) is 18.2. The maximum absolute atomic E-state index is 12.7. The van der Waals surface area contributed by atoms with Crippen LogP contribution in [0.1, 0.15) is 79.7 Å². The number of H-pyrrole nitrogens is 1. The maximum Gasteiger partial charge on any atom is 0.328 e. The second-order valence-electron chi connectivity index (χ2n) is 13.5. The predicted molar refractivity (Wildman–Crippen MR) is 140 cm³/mol. The fourth-order valence-electron chi connectivity index (χ4n) is 5.14. The summed E-state index contributed by atoms with van der Waals surface area (Å²) in [6.45, 7) is 23.0. The van der Waals surface area contributed by atoms with E-state index < -0.39 is 16.6 Å². The molecule has 2 fully saturated rings. The van der Waals surface area contributed by atoms with Crippen LogP contribution in [0.2, 0.25) is 36.3 Å². The zero-order valence-corrected chi connectivity index (χ0v) is 24.5. The molecule has 2 saturated carbocycles. The van der Waals surface area contributed by atoms with Crippen molar-refractivity contribution in [3.05, 3.63) is 33.1 Å². The predicted octanol–water partition coefficient (Wildman–Crippen LogP) is 5.82. The molecule has 0 radical (unpaired) electrons. The Bertz CT molecular complexity index is 970. The van der Waals surface area contributed by atoms with Gasteiger partial charge in [-0.05, 0) is 61.9 Å². The van der Waals surface area contributed by atoms with Crippen LogP contribution in [0.5, 0.6) is 0 Å². The number of nitrogens with one attached hydrogen (secondary N) is 1. The quantitative estimate of drug-likeness (QED) is 0.523. The minimum absolute atomic E-state index is 0.00716. The fraction of sp³-hybridized carbons (Fsp3) is 0.840. The zero-order chi connectivity index (χ0) is 25.0. The van der Waals surface area contributed by atoms with Crippen molar-refractivity contribution in [1.29, 1.82) is 0 Å². The van der Waals surface area contributed by atoms with Gasteiger partial charge in [0.25, 0.3) is 5.56 Å². The van der Waals surface area contributed by atoms with Crippen LogP contribution >= 0.6 is 0 Å². The number of hydrogen-bond donors (Lipinski definition) is 1. The van der Waals surface area contributed by atoms with Crippen molar-refractivity contribution in [2.24, 2.45) is 5.41 Å². The average molecular weight is 495 g/mol. The molecule has 2 aliphatic carbocycles. The van der Waals surface area contributed by atoms with Crippen LogP contribution in [-0.4, -0.2) is 38.4 Å². The molecule has 2 aliphatic rings. The lowest BCUT2D eigenvalue weighted by molar-refractivity contribution is -0.0175. The van der Waals surface area contributed by atoms with Crippen LogP contribution in [0.3, 0.4) is 0 Å². The monoisotopic (exact) mass is 494 g/mol. The van der Waals surface area contributed by atoms with Gasteiger partial charge in [-0.3, -0.25) is 14.3 Å². The number of rotatable bonds is 5. The van der Waals surface area contributed by atoms with Gasteiger partial charge in [-0.15, -0.1) is 0 Å². The molecule has 33 heavy (non-hydrogen) atoms. The van der Waals surface area contributed by atoms with Crippen LogP contribution in [0, 0.1) is 5.41 Å². The van der Waals surface area contributed by atoms with Crippen LogP contribution in [-0.2, 0) is 8.85 Å². The molecule has 1 aromatic heterocycles. The number of aromatic nitrogens is 2. The van der Waals surface area contributed by atoms with Crippen molar-refractivity contribution in [1.82, 2.24) is 9.55 Å². The average Bonchev–Trinajstić information content (AvgIpc) is 3.17. The lowest BCUT2D eigenvalue weighted by Gasteiger charge is -2.47. The Kier molecular flexibility index (Phi) is 6.95. The Labute approximate surface area is 201 Å².